The Morgan fingerprint density at radius 1 is 1.42 bits per heavy atom. The van der Waals surface area contributed by atoms with Crippen LogP contribution in [0.4, 0.5) is 9.39 Å². The number of nitrogens with zero attached hydrogens (tertiary/aromatic N) is 1. The predicted molar refractivity (Wildman–Crippen MR) is 72.6 cm³/mol. The van der Waals surface area contributed by atoms with Crippen LogP contribution in [0.2, 0.25) is 0 Å². The van der Waals surface area contributed by atoms with Crippen LogP contribution in [-0.2, 0) is 6.54 Å². The number of nitrogens with one attached hydrogen (secondary N) is 1. The topological polar surface area (TPSA) is 55.2 Å². The van der Waals surface area contributed by atoms with Crippen LogP contribution < -0.4 is 5.32 Å². The molecule has 100 valence electrons. The Kier molecular flexibility index (Phi) is 4.24. The molecule has 2 aromatic rings. The van der Waals surface area contributed by atoms with Gasteiger partial charge in [-0.1, -0.05) is 23.5 Å². The van der Waals surface area contributed by atoms with Crippen LogP contribution in [-0.4, -0.2) is 4.92 Å². The summed E-state index contributed by atoms with van der Waals surface area (Å²) >= 11 is 1.12. The molecule has 6 heteroatoms. The van der Waals surface area contributed by atoms with Crippen molar-refractivity contribution in [1.82, 2.24) is 5.32 Å². The van der Waals surface area contributed by atoms with Crippen molar-refractivity contribution in [3.05, 3.63) is 62.8 Å². The zero-order valence-corrected chi connectivity index (χ0v) is 11.1. The van der Waals surface area contributed by atoms with Crippen LogP contribution in [0.15, 0.2) is 35.7 Å². The molecule has 4 nitrogen and oxygen atoms in total. The molecule has 0 bridgehead atoms. The van der Waals surface area contributed by atoms with Gasteiger partial charge in [0.1, 0.15) is 5.82 Å². The number of nitro groups is 1. The van der Waals surface area contributed by atoms with Crippen LogP contribution in [0.5, 0.6) is 0 Å². The molecule has 1 N–H and O–H groups in total. The number of halogens is 1. The fourth-order valence-electron chi connectivity index (χ4n) is 1.69. The van der Waals surface area contributed by atoms with Crippen LogP contribution in [0.3, 0.4) is 0 Å². The first-order chi connectivity index (χ1) is 9.06. The Morgan fingerprint density at radius 2 is 2.11 bits per heavy atom. The molecule has 1 aromatic heterocycles. The van der Waals surface area contributed by atoms with Crippen molar-refractivity contribution in [1.29, 1.82) is 0 Å². The van der Waals surface area contributed by atoms with Gasteiger partial charge in [0.05, 0.1) is 4.92 Å². The highest BCUT2D eigenvalue weighted by molar-refractivity contribution is 7.13. The summed E-state index contributed by atoms with van der Waals surface area (Å²) in [5, 5.41) is 15.7. The monoisotopic (exact) mass is 280 g/mol. The van der Waals surface area contributed by atoms with Crippen molar-refractivity contribution >= 4 is 16.3 Å². The molecule has 1 atom stereocenters. The summed E-state index contributed by atoms with van der Waals surface area (Å²) in [7, 11) is 0. The molecule has 0 saturated carbocycles. The smallest absolute Gasteiger partial charge is 0.306 e. The molecule has 0 unspecified atom stereocenters. The van der Waals surface area contributed by atoms with Gasteiger partial charge in [-0.3, -0.25) is 10.1 Å². The minimum atomic E-state index is -0.391. The summed E-state index contributed by atoms with van der Waals surface area (Å²) < 4.78 is 12.8. The van der Waals surface area contributed by atoms with Crippen molar-refractivity contribution in [3.8, 4) is 0 Å². The third kappa shape index (κ3) is 3.59. The summed E-state index contributed by atoms with van der Waals surface area (Å²) in [6.07, 6.45) is 0. The van der Waals surface area contributed by atoms with Crippen LogP contribution in [0.25, 0.3) is 0 Å². The molecule has 0 aliphatic heterocycles. The number of hydrogen-bond donors (Lipinski definition) is 1. The lowest BCUT2D eigenvalue weighted by molar-refractivity contribution is -0.380. The molecule has 0 fully saturated rings. The molecule has 0 radical (unpaired) electrons. The normalized spacial score (nSPS) is 12.3. The van der Waals surface area contributed by atoms with E-state index in [1.54, 1.807) is 23.6 Å². The van der Waals surface area contributed by atoms with Gasteiger partial charge in [0, 0.05) is 24.0 Å². The van der Waals surface area contributed by atoms with Gasteiger partial charge in [0.15, 0.2) is 0 Å². The van der Waals surface area contributed by atoms with Gasteiger partial charge in [-0.15, -0.1) is 0 Å². The Labute approximate surface area is 114 Å². The SMILES string of the molecule is C[C@@H](NCc1csc([N+](=O)[O-])c1)c1ccc(F)cc1. The summed E-state index contributed by atoms with van der Waals surface area (Å²) in [6, 6.07) is 7.91. The van der Waals surface area contributed by atoms with Crippen molar-refractivity contribution in [2.45, 2.75) is 19.5 Å². The van der Waals surface area contributed by atoms with Crippen LogP contribution in [0, 0.1) is 15.9 Å². The second-order valence-corrected chi connectivity index (χ2v) is 5.09. The molecule has 1 heterocycles. The highest BCUT2D eigenvalue weighted by Gasteiger charge is 2.10. The molecule has 0 amide bonds. The number of hydrogen-bond acceptors (Lipinski definition) is 4. The lowest BCUT2D eigenvalue weighted by atomic mass is 10.1. The van der Waals surface area contributed by atoms with E-state index in [0.717, 1.165) is 22.5 Å². The molecule has 1 aromatic carbocycles. The van der Waals surface area contributed by atoms with Crippen LogP contribution in [0.1, 0.15) is 24.1 Å². The van der Waals surface area contributed by atoms with Gasteiger partial charge in [-0.25, -0.2) is 4.39 Å². The molecule has 0 saturated heterocycles. The third-order valence-electron chi connectivity index (χ3n) is 2.80. The van der Waals surface area contributed by atoms with Crippen molar-refractivity contribution in [2.24, 2.45) is 0 Å². The molecular formula is C13H13FN2O2S. The van der Waals surface area contributed by atoms with Gasteiger partial charge in [-0.05, 0) is 30.2 Å². The van der Waals surface area contributed by atoms with Gasteiger partial charge in [0.25, 0.3) is 0 Å². The lowest BCUT2D eigenvalue weighted by Crippen LogP contribution is -2.17. The van der Waals surface area contributed by atoms with E-state index in [-0.39, 0.29) is 16.9 Å². The highest BCUT2D eigenvalue weighted by Crippen LogP contribution is 2.23. The number of benzene rings is 1. The largest absolute Gasteiger partial charge is 0.324 e. The van der Waals surface area contributed by atoms with E-state index in [2.05, 4.69) is 5.32 Å². The van der Waals surface area contributed by atoms with E-state index >= 15 is 0 Å². The van der Waals surface area contributed by atoms with Gasteiger partial charge >= 0.3 is 5.00 Å². The summed E-state index contributed by atoms with van der Waals surface area (Å²) in [4.78, 5) is 10.2. The van der Waals surface area contributed by atoms with Gasteiger partial charge in [-0.2, -0.15) is 0 Å². The summed E-state index contributed by atoms with van der Waals surface area (Å²) in [6.45, 7) is 2.51. The lowest BCUT2D eigenvalue weighted by Gasteiger charge is -2.13. The van der Waals surface area contributed by atoms with Crippen molar-refractivity contribution in [2.75, 3.05) is 0 Å². The van der Waals surface area contributed by atoms with Gasteiger partial charge in [0.2, 0.25) is 0 Å². The van der Waals surface area contributed by atoms with E-state index < -0.39 is 4.92 Å². The van der Waals surface area contributed by atoms with Crippen LogP contribution >= 0.6 is 11.3 Å². The van der Waals surface area contributed by atoms with E-state index in [4.69, 9.17) is 0 Å². The average Bonchev–Trinajstić information content (AvgIpc) is 2.86. The minimum Gasteiger partial charge on any atom is -0.306 e. The first-order valence-electron chi connectivity index (χ1n) is 5.77. The average molecular weight is 280 g/mol. The van der Waals surface area contributed by atoms with E-state index in [1.165, 1.54) is 12.1 Å². The maximum atomic E-state index is 12.8. The zero-order valence-electron chi connectivity index (χ0n) is 10.3. The Morgan fingerprint density at radius 3 is 2.68 bits per heavy atom. The highest BCUT2D eigenvalue weighted by atomic mass is 32.1. The molecule has 0 spiro atoms. The molecule has 0 aliphatic carbocycles. The van der Waals surface area contributed by atoms with Gasteiger partial charge < -0.3 is 5.32 Å². The van der Waals surface area contributed by atoms with Crippen molar-refractivity contribution in [3.63, 3.8) is 0 Å². The summed E-state index contributed by atoms with van der Waals surface area (Å²) in [5.41, 5.74) is 1.86. The van der Waals surface area contributed by atoms with Crippen molar-refractivity contribution < 1.29 is 9.31 Å². The zero-order chi connectivity index (χ0) is 13.8. The second-order valence-electron chi connectivity index (χ2n) is 4.20. The first kappa shape index (κ1) is 13.6. The van der Waals surface area contributed by atoms with E-state index in [9.17, 15) is 14.5 Å². The fraction of sp³-hybridized carbons (Fsp3) is 0.231. The quantitative estimate of drug-likeness (QED) is 0.672. The molecule has 19 heavy (non-hydrogen) atoms. The van der Waals surface area contributed by atoms with E-state index in [0.29, 0.717) is 6.54 Å². The fourth-order valence-corrected chi connectivity index (χ4v) is 2.42. The maximum Gasteiger partial charge on any atom is 0.324 e. The minimum absolute atomic E-state index is 0.0551. The predicted octanol–water partition coefficient (Wildman–Crippen LogP) is 3.65. The number of rotatable bonds is 5. The Balaban J connectivity index is 1.94. The molecule has 2 rings (SSSR count). The molecule has 0 aliphatic rings. The Bertz CT molecular complexity index is 568. The first-order valence-corrected chi connectivity index (χ1v) is 6.65. The number of thiophene rings is 1. The molecular weight excluding hydrogens is 267 g/mol. The second kappa shape index (κ2) is 5.90. The maximum absolute atomic E-state index is 12.8. The Hall–Kier alpha value is -1.79. The standard InChI is InChI=1S/C13H13FN2O2S/c1-9(11-2-4-12(14)5-3-11)15-7-10-6-13(16(17)18)19-8-10/h2-6,8-9,15H,7H2,1H3/t9-/m1/s1. The third-order valence-corrected chi connectivity index (χ3v) is 3.73. The van der Waals surface area contributed by atoms with E-state index in [1.807, 2.05) is 6.92 Å². The summed E-state index contributed by atoms with van der Waals surface area (Å²) in [5.74, 6) is -0.260.